The Hall–Kier alpha value is 0.0544. The summed E-state index contributed by atoms with van der Waals surface area (Å²) >= 11 is 0. The number of hydrogen-bond donors (Lipinski definition) is 1. The number of carboxylic acid groups (broad SMARTS) is 1. The molecule has 0 rings (SSSR count). The van der Waals surface area contributed by atoms with E-state index in [9.17, 15) is 0 Å². The quantitative estimate of drug-likeness (QED) is 0.656. The van der Waals surface area contributed by atoms with Crippen molar-refractivity contribution in [3.8, 4) is 0 Å². The average Bonchev–Trinajstić information content (AvgIpc) is 1.91. The summed E-state index contributed by atoms with van der Waals surface area (Å²) in [5.74, 6) is -0.833. The fourth-order valence-corrected chi connectivity index (χ4v) is 0. The van der Waals surface area contributed by atoms with E-state index in [1.54, 1.807) is 6.92 Å². The molecule has 1 radical (unpaired) electrons. The molecule has 0 amide bonds. The molecule has 0 saturated heterocycles. The van der Waals surface area contributed by atoms with Crippen LogP contribution in [0.5, 0.6) is 0 Å². The van der Waals surface area contributed by atoms with Crippen LogP contribution in [0.15, 0.2) is 0 Å². The fraction of sp³-hybridized carbons (Fsp3) is 0.625. The molecule has 0 heterocycles. The van der Waals surface area contributed by atoms with E-state index in [1.165, 1.54) is 6.42 Å². The second kappa shape index (κ2) is 32.3. The van der Waals surface area contributed by atoms with Crippen molar-refractivity contribution in [1.82, 2.24) is 0 Å². The third-order valence-electron chi connectivity index (χ3n) is 0.354. The molecule has 0 aliphatic rings. The van der Waals surface area contributed by atoms with Gasteiger partial charge in [-0.1, -0.05) is 13.3 Å². The summed E-state index contributed by atoms with van der Waals surface area (Å²) in [6.45, 7) is 11.8. The molecular weight excluding hydrogens is 179 g/mol. The molecule has 0 spiro atoms. The van der Waals surface area contributed by atoms with Gasteiger partial charge in [-0.3, -0.25) is 4.79 Å². The van der Waals surface area contributed by atoms with E-state index in [4.69, 9.17) is 9.90 Å². The second-order valence-corrected chi connectivity index (χ2v) is 1.37. The van der Waals surface area contributed by atoms with Crippen LogP contribution >= 0.6 is 0 Å². The number of aliphatic carboxylic acids is 1. The van der Waals surface area contributed by atoms with E-state index in [-0.39, 0.29) is 18.6 Å². The van der Waals surface area contributed by atoms with E-state index in [0.29, 0.717) is 0 Å². The average molecular weight is 197 g/mol. The number of rotatable bonds is 1. The Morgan fingerprint density at radius 2 is 1.55 bits per heavy atom. The van der Waals surface area contributed by atoms with Gasteiger partial charge in [0.15, 0.2) is 0 Å². The summed E-state index contributed by atoms with van der Waals surface area (Å²) < 4.78 is 0. The molecule has 0 atom stereocenters. The summed E-state index contributed by atoms with van der Waals surface area (Å²) in [6, 6.07) is 0. The number of carbonyl (C=O) groups is 1. The van der Waals surface area contributed by atoms with E-state index in [0.717, 1.165) is 13.3 Å². The van der Waals surface area contributed by atoms with Crippen LogP contribution < -0.4 is 0 Å². The summed E-state index contributed by atoms with van der Waals surface area (Å²) in [6.07, 6.45) is 2.28. The molecule has 3 heteroatoms. The molecule has 2 nitrogen and oxygen atoms in total. The molecule has 0 aliphatic carbocycles. The molecule has 11 heavy (non-hydrogen) atoms. The number of carboxylic acids is 1. The maximum atomic E-state index is 9.00. The zero-order valence-electron chi connectivity index (χ0n) is 7.63. The van der Waals surface area contributed by atoms with E-state index >= 15 is 0 Å². The maximum absolute atomic E-state index is 9.00. The van der Waals surface area contributed by atoms with E-state index < -0.39 is 5.97 Å². The van der Waals surface area contributed by atoms with Crippen molar-refractivity contribution in [2.45, 2.75) is 33.6 Å². The van der Waals surface area contributed by atoms with Crippen molar-refractivity contribution in [2.24, 2.45) is 0 Å². The third kappa shape index (κ3) is 587. The molecule has 67 valence electrons. The largest absolute Gasteiger partial charge is 2.00 e. The van der Waals surface area contributed by atoms with Gasteiger partial charge in [-0.15, -0.1) is 0 Å². The van der Waals surface area contributed by atoms with Gasteiger partial charge in [0.05, 0.1) is 0 Å². The minimum absolute atomic E-state index is 0. The van der Waals surface area contributed by atoms with Crippen LogP contribution in [0, 0.1) is 13.8 Å². The Morgan fingerprint density at radius 3 is 1.55 bits per heavy atom. The van der Waals surface area contributed by atoms with Crippen molar-refractivity contribution in [3.05, 3.63) is 13.8 Å². The normalized spacial score (nSPS) is 5.55. The molecule has 0 aliphatic heterocycles. The Bertz CT molecular complexity index is 50.1. The van der Waals surface area contributed by atoms with E-state index in [1.807, 2.05) is 0 Å². The molecule has 0 aromatic heterocycles. The molecule has 0 bridgehead atoms. The molecule has 0 aromatic rings. The summed E-state index contributed by atoms with van der Waals surface area (Å²) in [5.41, 5.74) is 0. The second-order valence-electron chi connectivity index (χ2n) is 1.37. The van der Waals surface area contributed by atoms with Crippen LogP contribution in [0.2, 0.25) is 0 Å². The minimum atomic E-state index is -0.833. The minimum Gasteiger partial charge on any atom is -0.481 e. The Kier molecular flexibility index (Phi) is 65.9. The Labute approximate surface area is 82.3 Å². The first kappa shape index (κ1) is 22.5. The van der Waals surface area contributed by atoms with Crippen LogP contribution in [-0.2, 0) is 23.4 Å². The first-order chi connectivity index (χ1) is 4.65. The monoisotopic (exact) mass is 197 g/mol. The zero-order valence-corrected chi connectivity index (χ0v) is 9.03. The van der Waals surface area contributed by atoms with Gasteiger partial charge in [0.25, 0.3) is 5.97 Å². The van der Waals surface area contributed by atoms with Crippen LogP contribution in [0.4, 0.5) is 0 Å². The molecule has 1 N–H and O–H groups in total. The number of hydrogen-bond acceptors (Lipinski definition) is 1. The van der Waals surface area contributed by atoms with Gasteiger partial charge in [-0.25, -0.2) is 0 Å². The maximum Gasteiger partial charge on any atom is 2.00 e. The van der Waals surface area contributed by atoms with Crippen LogP contribution in [0.1, 0.15) is 33.6 Å². The third-order valence-corrected chi connectivity index (χ3v) is 0.354. The van der Waals surface area contributed by atoms with Crippen LogP contribution in [0.25, 0.3) is 0 Å². The molecule has 0 unspecified atom stereocenters. The van der Waals surface area contributed by atoms with Gasteiger partial charge in [0, 0.05) is 6.92 Å². The van der Waals surface area contributed by atoms with Crippen LogP contribution in [0.3, 0.4) is 0 Å². The van der Waals surface area contributed by atoms with Crippen molar-refractivity contribution in [2.75, 3.05) is 0 Å². The molecule has 0 fully saturated rings. The first-order valence-electron chi connectivity index (χ1n) is 3.34. The summed E-state index contributed by atoms with van der Waals surface area (Å²) in [5, 5.41) is 7.42. The fourth-order valence-electron chi connectivity index (χ4n) is 0. The van der Waals surface area contributed by atoms with Gasteiger partial charge in [0.2, 0.25) is 0 Å². The predicted octanol–water partition coefficient (Wildman–Crippen LogP) is 2.55. The first-order valence-corrected chi connectivity index (χ1v) is 3.34. The van der Waals surface area contributed by atoms with Crippen molar-refractivity contribution < 1.29 is 28.5 Å². The van der Waals surface area contributed by atoms with E-state index in [2.05, 4.69) is 20.8 Å². The van der Waals surface area contributed by atoms with Gasteiger partial charge in [0.1, 0.15) is 0 Å². The summed E-state index contributed by atoms with van der Waals surface area (Å²) in [7, 11) is 0. The van der Waals surface area contributed by atoms with Gasteiger partial charge in [-0.05, 0) is 0 Å². The molecule has 0 aromatic carbocycles. The van der Waals surface area contributed by atoms with Crippen LogP contribution in [-0.4, -0.2) is 11.1 Å². The predicted molar refractivity (Wildman–Crippen MR) is 44.6 cm³/mol. The molecule has 0 saturated carbocycles. The topological polar surface area (TPSA) is 37.3 Å². The van der Waals surface area contributed by atoms with Gasteiger partial charge >= 0.3 is 18.6 Å². The van der Waals surface area contributed by atoms with Crippen molar-refractivity contribution in [1.29, 1.82) is 0 Å². The Morgan fingerprint density at radius 1 is 1.45 bits per heavy atom. The number of unbranched alkanes of at least 4 members (excludes halogenated alkanes) is 1. The molecular formula is C8H18O2V. The van der Waals surface area contributed by atoms with Crippen molar-refractivity contribution >= 4 is 5.97 Å². The van der Waals surface area contributed by atoms with Gasteiger partial charge < -0.3 is 19.0 Å². The Balaban J connectivity index is -0.0000000339. The smallest absolute Gasteiger partial charge is 0.481 e. The zero-order chi connectivity index (χ0) is 8.99. The van der Waals surface area contributed by atoms with Crippen molar-refractivity contribution in [3.63, 3.8) is 0 Å². The standard InChI is InChI=1S/C4H9.C2H4O2.C2H5.V/c1-3-4-2;1-2(3)4;1-2;/h1,3-4H2,2H3;1H3,(H,3,4);1H2,2H3;/q-1;;-1;+2. The summed E-state index contributed by atoms with van der Waals surface area (Å²) in [4.78, 5) is 9.00. The SMILES string of the molecule is CC(=O)O.[CH2-]C.[CH2-]CCC.[V+2]. The van der Waals surface area contributed by atoms with Gasteiger partial charge in [-0.2, -0.15) is 13.3 Å².